The predicted octanol–water partition coefficient (Wildman–Crippen LogP) is 1.86. The monoisotopic (exact) mass is 352 g/mol. The van der Waals surface area contributed by atoms with Gasteiger partial charge < -0.3 is 4.74 Å². The number of rotatable bonds is 3. The van der Waals surface area contributed by atoms with Gasteiger partial charge in [-0.1, -0.05) is 29.8 Å². The van der Waals surface area contributed by atoms with Gasteiger partial charge >= 0.3 is 6.09 Å². The topological polar surface area (TPSA) is 103 Å². The van der Waals surface area contributed by atoms with E-state index in [4.69, 9.17) is 16.3 Å². The number of benzene rings is 1. The van der Waals surface area contributed by atoms with Crippen molar-refractivity contribution in [1.29, 1.82) is 0 Å². The molecule has 0 radical (unpaired) electrons. The molecule has 0 saturated carbocycles. The van der Waals surface area contributed by atoms with Gasteiger partial charge in [0, 0.05) is 6.20 Å². The number of halogens is 1. The molecule has 2 heterocycles. The number of hydrogen-bond acceptors (Lipinski definition) is 6. The van der Waals surface area contributed by atoms with Crippen LogP contribution in [0.25, 0.3) is 5.65 Å². The van der Waals surface area contributed by atoms with Crippen LogP contribution in [0.15, 0.2) is 53.9 Å². The largest absolute Gasteiger partial charge is 0.426 e. The van der Waals surface area contributed by atoms with E-state index in [1.54, 1.807) is 22.9 Å². The number of fused-ring (bicyclic) bond motifs is 1. The molecule has 10 heteroatoms. The van der Waals surface area contributed by atoms with Gasteiger partial charge in [0.15, 0.2) is 5.15 Å². The highest BCUT2D eigenvalue weighted by Gasteiger charge is 2.27. The van der Waals surface area contributed by atoms with Crippen molar-refractivity contribution in [2.24, 2.45) is 0 Å². The summed E-state index contributed by atoms with van der Waals surface area (Å²) in [7, 11) is -4.29. The maximum Gasteiger partial charge on any atom is 0.426 e. The Bertz CT molecular complexity index is 972. The van der Waals surface area contributed by atoms with Crippen molar-refractivity contribution in [2.45, 2.75) is 5.03 Å². The van der Waals surface area contributed by atoms with Crippen molar-refractivity contribution in [2.75, 3.05) is 0 Å². The molecule has 0 unspecified atom stereocenters. The number of para-hydroxylation sites is 1. The highest BCUT2D eigenvalue weighted by molar-refractivity contribution is 7.90. The van der Waals surface area contributed by atoms with Crippen molar-refractivity contribution >= 4 is 33.4 Å². The highest BCUT2D eigenvalue weighted by atomic mass is 35.5. The lowest BCUT2D eigenvalue weighted by Gasteiger charge is -2.07. The van der Waals surface area contributed by atoms with Crippen LogP contribution in [-0.2, 0) is 10.0 Å². The summed E-state index contributed by atoms with van der Waals surface area (Å²) < 4.78 is 32.5. The van der Waals surface area contributed by atoms with E-state index < -0.39 is 21.1 Å². The molecule has 0 aliphatic rings. The first-order valence-corrected chi connectivity index (χ1v) is 8.11. The van der Waals surface area contributed by atoms with Crippen molar-refractivity contribution in [3.63, 3.8) is 0 Å². The zero-order valence-electron chi connectivity index (χ0n) is 11.4. The summed E-state index contributed by atoms with van der Waals surface area (Å²) in [4.78, 5) is 19.5. The van der Waals surface area contributed by atoms with Gasteiger partial charge in [-0.25, -0.2) is 19.5 Å². The number of carbonyl (C=O) groups excluding carboxylic acids is 1. The Morgan fingerprint density at radius 1 is 1.22 bits per heavy atom. The molecule has 1 aromatic carbocycles. The van der Waals surface area contributed by atoms with Crippen LogP contribution >= 0.6 is 11.6 Å². The Balaban J connectivity index is 1.89. The fourth-order valence-electron chi connectivity index (χ4n) is 1.86. The molecular weight excluding hydrogens is 344 g/mol. The third-order valence-electron chi connectivity index (χ3n) is 2.77. The van der Waals surface area contributed by atoms with Gasteiger partial charge in [0.1, 0.15) is 17.7 Å². The maximum atomic E-state index is 12.3. The number of amides is 1. The molecule has 0 aliphatic heterocycles. The van der Waals surface area contributed by atoms with E-state index >= 15 is 0 Å². The molecule has 0 atom stereocenters. The first-order chi connectivity index (χ1) is 11.0. The standard InChI is InChI=1S/C13H9ClN4O4S/c14-11-12(18-8-15-7-6-10(18)16-11)23(20,21)17-13(19)22-9-4-2-1-3-5-9/h1-8H,(H,17,19). The average molecular weight is 353 g/mol. The third-order valence-corrected chi connectivity index (χ3v) is 4.48. The minimum atomic E-state index is -4.29. The Morgan fingerprint density at radius 2 is 1.96 bits per heavy atom. The first kappa shape index (κ1) is 15.3. The summed E-state index contributed by atoms with van der Waals surface area (Å²) in [6, 6.07) is 9.52. The number of nitrogens with one attached hydrogen (secondary N) is 1. The lowest BCUT2D eigenvalue weighted by Crippen LogP contribution is -2.33. The van der Waals surface area contributed by atoms with Crippen LogP contribution in [0.1, 0.15) is 0 Å². The van der Waals surface area contributed by atoms with E-state index in [9.17, 15) is 13.2 Å². The molecule has 118 valence electrons. The molecule has 0 fully saturated rings. The van der Waals surface area contributed by atoms with Crippen LogP contribution in [0.2, 0.25) is 5.15 Å². The molecule has 1 amide bonds. The van der Waals surface area contributed by atoms with Crippen molar-refractivity contribution < 1.29 is 17.9 Å². The molecule has 0 spiro atoms. The van der Waals surface area contributed by atoms with E-state index in [2.05, 4.69) is 9.97 Å². The zero-order chi connectivity index (χ0) is 16.4. The second kappa shape index (κ2) is 5.86. The third kappa shape index (κ3) is 3.10. The average Bonchev–Trinajstić information content (AvgIpc) is 2.84. The maximum absolute atomic E-state index is 12.3. The summed E-state index contributed by atoms with van der Waals surface area (Å²) >= 11 is 5.86. The summed E-state index contributed by atoms with van der Waals surface area (Å²) in [5.41, 5.74) is 0.279. The van der Waals surface area contributed by atoms with Gasteiger partial charge in [0.25, 0.3) is 10.0 Å². The molecule has 3 aromatic rings. The highest BCUT2D eigenvalue weighted by Crippen LogP contribution is 2.22. The van der Waals surface area contributed by atoms with E-state index in [0.29, 0.717) is 0 Å². The fourth-order valence-corrected chi connectivity index (χ4v) is 3.37. The van der Waals surface area contributed by atoms with E-state index in [-0.39, 0.29) is 16.5 Å². The lowest BCUT2D eigenvalue weighted by atomic mass is 10.3. The quantitative estimate of drug-likeness (QED) is 0.771. The number of carbonyl (C=O) groups is 1. The number of sulfonamides is 1. The Labute approximate surface area is 135 Å². The Hall–Kier alpha value is -2.65. The minimum absolute atomic E-state index is 0.200. The zero-order valence-corrected chi connectivity index (χ0v) is 13.0. The van der Waals surface area contributed by atoms with Crippen LogP contribution in [0.5, 0.6) is 5.75 Å². The van der Waals surface area contributed by atoms with Gasteiger partial charge in [-0.15, -0.1) is 0 Å². The van der Waals surface area contributed by atoms with Gasteiger partial charge in [-0.3, -0.25) is 4.40 Å². The molecule has 3 rings (SSSR count). The second-order valence-electron chi connectivity index (χ2n) is 4.32. The van der Waals surface area contributed by atoms with Crippen LogP contribution in [0.4, 0.5) is 4.79 Å². The van der Waals surface area contributed by atoms with Gasteiger partial charge in [0.2, 0.25) is 5.03 Å². The molecule has 0 bridgehead atoms. The fraction of sp³-hybridized carbons (Fsp3) is 0. The van der Waals surface area contributed by atoms with E-state index in [1.807, 2.05) is 0 Å². The smallest absolute Gasteiger partial charge is 0.410 e. The molecule has 23 heavy (non-hydrogen) atoms. The van der Waals surface area contributed by atoms with Crippen molar-refractivity contribution in [1.82, 2.24) is 19.1 Å². The van der Waals surface area contributed by atoms with Gasteiger partial charge in [0.05, 0.1) is 0 Å². The lowest BCUT2D eigenvalue weighted by molar-refractivity contribution is 0.207. The van der Waals surface area contributed by atoms with Gasteiger partial charge in [-0.05, 0) is 18.2 Å². The number of hydrogen-bond donors (Lipinski definition) is 1. The molecule has 0 aliphatic carbocycles. The second-order valence-corrected chi connectivity index (χ2v) is 6.28. The van der Waals surface area contributed by atoms with Crippen LogP contribution in [-0.4, -0.2) is 28.9 Å². The minimum Gasteiger partial charge on any atom is -0.410 e. The first-order valence-electron chi connectivity index (χ1n) is 6.24. The molecule has 8 nitrogen and oxygen atoms in total. The summed E-state index contributed by atoms with van der Waals surface area (Å²) in [5.74, 6) is 0.200. The van der Waals surface area contributed by atoms with Crippen LogP contribution in [0.3, 0.4) is 0 Å². The number of nitrogens with zero attached hydrogens (tertiary/aromatic N) is 3. The van der Waals surface area contributed by atoms with E-state index in [1.165, 1.54) is 30.7 Å². The van der Waals surface area contributed by atoms with Gasteiger partial charge in [-0.2, -0.15) is 8.42 Å². The van der Waals surface area contributed by atoms with Crippen molar-refractivity contribution in [3.05, 3.63) is 54.1 Å². The Kier molecular flexibility index (Phi) is 3.89. The molecule has 1 N–H and O–H groups in total. The molecular formula is C13H9ClN4O4S. The summed E-state index contributed by atoms with van der Waals surface area (Å²) in [6.07, 6.45) is 1.50. The van der Waals surface area contributed by atoms with E-state index in [0.717, 1.165) is 4.40 Å². The number of ether oxygens (including phenoxy) is 1. The summed E-state index contributed by atoms with van der Waals surface area (Å²) in [6.45, 7) is 0. The number of aromatic nitrogens is 3. The van der Waals surface area contributed by atoms with Crippen molar-refractivity contribution in [3.8, 4) is 5.75 Å². The normalized spacial score (nSPS) is 11.3. The molecule has 2 aromatic heterocycles. The number of imidazole rings is 1. The summed E-state index contributed by atoms with van der Waals surface area (Å²) in [5, 5.41) is -0.676. The van der Waals surface area contributed by atoms with Crippen LogP contribution < -0.4 is 9.46 Å². The Morgan fingerprint density at radius 3 is 2.70 bits per heavy atom. The van der Waals surface area contributed by atoms with Crippen LogP contribution in [0, 0.1) is 0 Å². The SMILES string of the molecule is O=C(NS(=O)(=O)c1c(Cl)nc2ccncn12)Oc1ccccc1. The predicted molar refractivity (Wildman–Crippen MR) is 80.8 cm³/mol. The molecule has 0 saturated heterocycles.